The lowest BCUT2D eigenvalue weighted by Gasteiger charge is -2.44. The van der Waals surface area contributed by atoms with Crippen molar-refractivity contribution in [3.63, 3.8) is 0 Å². The van der Waals surface area contributed by atoms with Crippen LogP contribution in [0.2, 0.25) is 0 Å². The second-order valence-corrected chi connectivity index (χ2v) is 9.01. The molecule has 0 unspecified atom stereocenters. The van der Waals surface area contributed by atoms with E-state index in [0.717, 1.165) is 37.8 Å². The minimum atomic E-state index is 0. The maximum atomic E-state index is 13.2. The highest BCUT2D eigenvalue weighted by atomic mass is 35.5. The first kappa shape index (κ1) is 21.6. The third-order valence-corrected chi connectivity index (χ3v) is 7.45. The molecule has 2 aliphatic rings. The molecule has 1 N–H and O–H groups in total. The van der Waals surface area contributed by atoms with Gasteiger partial charge in [-0.05, 0) is 60.7 Å². The van der Waals surface area contributed by atoms with E-state index >= 15 is 0 Å². The monoisotopic (exact) mass is 422 g/mol. The average Bonchev–Trinajstić information content (AvgIpc) is 3.36. The van der Waals surface area contributed by atoms with Gasteiger partial charge in [0.25, 0.3) is 0 Å². The van der Waals surface area contributed by atoms with Gasteiger partial charge in [-0.3, -0.25) is 9.69 Å². The fourth-order valence-electron chi connectivity index (χ4n) is 5.10. The summed E-state index contributed by atoms with van der Waals surface area (Å²) >= 11 is 1.73. The lowest BCUT2D eigenvalue weighted by Crippen LogP contribution is -2.55. The van der Waals surface area contributed by atoms with Crippen molar-refractivity contribution >= 4 is 39.7 Å². The molecule has 2 aromatic rings. The summed E-state index contributed by atoms with van der Waals surface area (Å²) in [7, 11) is 1.99. The highest BCUT2D eigenvalue weighted by Gasteiger charge is 2.39. The van der Waals surface area contributed by atoms with Crippen molar-refractivity contribution < 1.29 is 9.90 Å². The molecule has 3 atom stereocenters. The largest absolute Gasteiger partial charge is 0.395 e. The number of carbonyl (C=O) groups excluding carboxylic acids is 1. The molecule has 2 fully saturated rings. The van der Waals surface area contributed by atoms with Gasteiger partial charge in [-0.25, -0.2) is 0 Å². The SMILES string of the molecule is CN(C(=O)Cc1cccc2sccc12)[C@@H]1CCCC[C@H]1N1CCC[C@H]1CO.Cl. The number of amides is 1. The van der Waals surface area contributed by atoms with Crippen molar-refractivity contribution in [3.8, 4) is 0 Å². The van der Waals surface area contributed by atoms with E-state index in [9.17, 15) is 9.90 Å². The van der Waals surface area contributed by atoms with Crippen LogP contribution in [-0.4, -0.2) is 59.1 Å². The van der Waals surface area contributed by atoms with E-state index in [0.29, 0.717) is 12.5 Å². The fourth-order valence-corrected chi connectivity index (χ4v) is 5.94. The molecule has 0 spiro atoms. The third-order valence-electron chi connectivity index (χ3n) is 6.57. The molecule has 1 aliphatic carbocycles. The minimum Gasteiger partial charge on any atom is -0.395 e. The highest BCUT2D eigenvalue weighted by Crippen LogP contribution is 2.32. The molecule has 4 rings (SSSR count). The summed E-state index contributed by atoms with van der Waals surface area (Å²) in [4.78, 5) is 17.7. The van der Waals surface area contributed by atoms with E-state index < -0.39 is 0 Å². The Morgan fingerprint density at radius 1 is 1.21 bits per heavy atom. The quantitative estimate of drug-likeness (QED) is 0.789. The molecule has 0 radical (unpaired) electrons. The van der Waals surface area contributed by atoms with E-state index in [1.807, 2.05) is 11.9 Å². The van der Waals surface area contributed by atoms with Gasteiger partial charge in [0.1, 0.15) is 0 Å². The molecular formula is C22H31ClN2O2S. The molecule has 1 aliphatic heterocycles. The molecule has 6 heteroatoms. The number of aliphatic hydroxyl groups is 1. The van der Waals surface area contributed by atoms with Crippen LogP contribution >= 0.6 is 23.7 Å². The smallest absolute Gasteiger partial charge is 0.227 e. The molecule has 28 heavy (non-hydrogen) atoms. The van der Waals surface area contributed by atoms with Crippen molar-refractivity contribution in [2.24, 2.45) is 0 Å². The van der Waals surface area contributed by atoms with Gasteiger partial charge in [0, 0.05) is 29.9 Å². The van der Waals surface area contributed by atoms with E-state index in [2.05, 4.69) is 34.5 Å². The summed E-state index contributed by atoms with van der Waals surface area (Å²) in [6.07, 6.45) is 7.34. The number of rotatable bonds is 5. The highest BCUT2D eigenvalue weighted by molar-refractivity contribution is 7.17. The molecule has 1 saturated carbocycles. The number of aliphatic hydroxyl groups excluding tert-OH is 1. The summed E-state index contributed by atoms with van der Waals surface area (Å²) in [5, 5.41) is 13.1. The van der Waals surface area contributed by atoms with Gasteiger partial charge < -0.3 is 10.0 Å². The third kappa shape index (κ3) is 4.23. The van der Waals surface area contributed by atoms with Gasteiger partial charge in [0.2, 0.25) is 5.91 Å². The second kappa shape index (κ2) is 9.57. The van der Waals surface area contributed by atoms with E-state index in [1.54, 1.807) is 11.3 Å². The summed E-state index contributed by atoms with van der Waals surface area (Å²) in [6, 6.07) is 9.32. The number of likely N-dealkylation sites (tertiary alicyclic amines) is 1. The van der Waals surface area contributed by atoms with Gasteiger partial charge in [-0.2, -0.15) is 0 Å². The summed E-state index contributed by atoms with van der Waals surface area (Å²) in [5.41, 5.74) is 1.13. The van der Waals surface area contributed by atoms with Crippen molar-refractivity contribution in [3.05, 3.63) is 35.2 Å². The molecule has 4 nitrogen and oxygen atoms in total. The summed E-state index contributed by atoms with van der Waals surface area (Å²) < 4.78 is 1.25. The zero-order valence-corrected chi connectivity index (χ0v) is 18.2. The van der Waals surface area contributed by atoms with Crippen LogP contribution in [0.15, 0.2) is 29.6 Å². The lowest BCUT2D eigenvalue weighted by molar-refractivity contribution is -0.133. The topological polar surface area (TPSA) is 43.8 Å². The average molecular weight is 423 g/mol. The number of hydrogen-bond donors (Lipinski definition) is 1. The molecule has 1 aromatic carbocycles. The standard InChI is InChI=1S/C22H30N2O2S.ClH/c1-23(22(26)14-16-6-4-10-21-18(16)11-13-27-21)19-8-2-3-9-20(19)24-12-5-7-17(24)15-25;/h4,6,10-11,13,17,19-20,25H,2-3,5,7-9,12,14-15H2,1H3;1H/t17-,19+,20+;/m0./s1. The first-order valence-electron chi connectivity index (χ1n) is 10.3. The van der Waals surface area contributed by atoms with Crippen LogP contribution in [0.25, 0.3) is 10.1 Å². The Hall–Kier alpha value is -1.14. The summed E-state index contributed by atoms with van der Waals surface area (Å²) in [5.74, 6) is 0.213. The van der Waals surface area contributed by atoms with Gasteiger partial charge in [0.15, 0.2) is 0 Å². The van der Waals surface area contributed by atoms with Gasteiger partial charge in [-0.1, -0.05) is 25.0 Å². The number of benzene rings is 1. The zero-order chi connectivity index (χ0) is 18.8. The van der Waals surface area contributed by atoms with Gasteiger partial charge >= 0.3 is 0 Å². The number of thiophene rings is 1. The normalized spacial score (nSPS) is 25.6. The first-order valence-corrected chi connectivity index (χ1v) is 11.1. The van der Waals surface area contributed by atoms with E-state index in [4.69, 9.17) is 0 Å². The molecule has 154 valence electrons. The van der Waals surface area contributed by atoms with Crippen LogP contribution in [-0.2, 0) is 11.2 Å². The second-order valence-electron chi connectivity index (χ2n) is 8.07. The van der Waals surface area contributed by atoms with Crippen molar-refractivity contribution in [1.82, 2.24) is 9.80 Å². The van der Waals surface area contributed by atoms with Gasteiger partial charge in [0.05, 0.1) is 13.0 Å². The molecule has 1 saturated heterocycles. The Bertz CT molecular complexity index is 796. The maximum absolute atomic E-state index is 13.2. The Balaban J connectivity index is 0.00000225. The van der Waals surface area contributed by atoms with Crippen molar-refractivity contribution in [1.29, 1.82) is 0 Å². The van der Waals surface area contributed by atoms with Crippen molar-refractivity contribution in [2.75, 3.05) is 20.2 Å². The van der Waals surface area contributed by atoms with E-state index in [-0.39, 0.29) is 37.0 Å². The molecule has 1 aromatic heterocycles. The van der Waals surface area contributed by atoms with Crippen LogP contribution in [0, 0.1) is 0 Å². The Labute approximate surface area is 177 Å². The number of hydrogen-bond acceptors (Lipinski definition) is 4. The van der Waals surface area contributed by atoms with E-state index in [1.165, 1.54) is 22.9 Å². The van der Waals surface area contributed by atoms with Crippen LogP contribution < -0.4 is 0 Å². The Morgan fingerprint density at radius 3 is 2.86 bits per heavy atom. The van der Waals surface area contributed by atoms with Crippen LogP contribution in [0.1, 0.15) is 44.1 Å². The Morgan fingerprint density at radius 2 is 2.04 bits per heavy atom. The first-order chi connectivity index (χ1) is 13.2. The number of fused-ring (bicyclic) bond motifs is 1. The van der Waals surface area contributed by atoms with Gasteiger partial charge in [-0.15, -0.1) is 23.7 Å². The number of carbonyl (C=O) groups is 1. The maximum Gasteiger partial charge on any atom is 0.227 e. The molecule has 2 heterocycles. The molecule has 1 amide bonds. The van der Waals surface area contributed by atoms with Crippen LogP contribution in [0.3, 0.4) is 0 Å². The number of nitrogens with zero attached hydrogens (tertiary/aromatic N) is 2. The summed E-state index contributed by atoms with van der Waals surface area (Å²) in [6.45, 7) is 1.30. The molecule has 0 bridgehead atoms. The zero-order valence-electron chi connectivity index (χ0n) is 16.5. The Kier molecular flexibility index (Phi) is 7.37. The lowest BCUT2D eigenvalue weighted by atomic mass is 9.87. The number of halogens is 1. The predicted molar refractivity (Wildman–Crippen MR) is 118 cm³/mol. The number of likely N-dealkylation sites (N-methyl/N-ethyl adjacent to an activating group) is 1. The molecular weight excluding hydrogens is 392 g/mol. The fraction of sp³-hybridized carbons (Fsp3) is 0.591. The van der Waals surface area contributed by atoms with Crippen LogP contribution in [0.4, 0.5) is 0 Å². The van der Waals surface area contributed by atoms with Crippen LogP contribution in [0.5, 0.6) is 0 Å². The van der Waals surface area contributed by atoms with Crippen molar-refractivity contribution in [2.45, 2.75) is 63.1 Å². The predicted octanol–water partition coefficient (Wildman–Crippen LogP) is 4.09. The minimum absolute atomic E-state index is 0.